The zero-order valence-corrected chi connectivity index (χ0v) is 27.6. The SMILES string of the molecule is CCCCCCCN(CCOC(=O)CSc1nc(-c2ccc(OC)cc2)c(-c2ccc(OC)cc2)[nH]1)C(=O)Nc1ccc(F)cc1F. The Balaban J connectivity index is 1.37. The molecule has 0 fully saturated rings. The fourth-order valence-corrected chi connectivity index (χ4v) is 5.46. The van der Waals surface area contributed by atoms with Crippen LogP contribution >= 0.6 is 11.8 Å². The summed E-state index contributed by atoms with van der Waals surface area (Å²) in [6.45, 7) is 2.59. The van der Waals surface area contributed by atoms with E-state index in [2.05, 4.69) is 17.2 Å². The minimum atomic E-state index is -0.868. The maximum absolute atomic E-state index is 14.2. The number of urea groups is 1. The van der Waals surface area contributed by atoms with Crippen molar-refractivity contribution >= 4 is 29.4 Å². The highest BCUT2D eigenvalue weighted by atomic mass is 32.2. The number of nitrogens with one attached hydrogen (secondary N) is 2. The van der Waals surface area contributed by atoms with Gasteiger partial charge in [0.25, 0.3) is 0 Å². The standard InChI is InChI=1S/C35H40F2N4O5S/c1-4-5-6-7-8-19-41(35(43)38-30-18-13-26(36)22-29(30)37)20-21-46-31(42)23-47-34-39-32(24-9-14-27(44-2)15-10-24)33(40-34)25-11-16-28(45-3)17-12-25/h9-18,22H,4-8,19-21,23H2,1-3H3,(H,38,43)(H,39,40). The maximum atomic E-state index is 14.2. The summed E-state index contributed by atoms with van der Waals surface area (Å²) >= 11 is 1.20. The number of hydrogen-bond donors (Lipinski definition) is 2. The third kappa shape index (κ3) is 10.5. The van der Waals surface area contributed by atoms with Gasteiger partial charge in [-0.25, -0.2) is 18.6 Å². The van der Waals surface area contributed by atoms with Crippen LogP contribution in [0.3, 0.4) is 0 Å². The Hall–Kier alpha value is -4.58. The van der Waals surface area contributed by atoms with Gasteiger partial charge in [-0.1, -0.05) is 44.4 Å². The second-order valence-corrected chi connectivity index (χ2v) is 11.7. The van der Waals surface area contributed by atoms with Crippen molar-refractivity contribution in [2.24, 2.45) is 0 Å². The van der Waals surface area contributed by atoms with Crippen LogP contribution in [0.25, 0.3) is 22.5 Å². The van der Waals surface area contributed by atoms with Crippen LogP contribution in [0.5, 0.6) is 11.5 Å². The number of unbranched alkanes of at least 4 members (excludes halogenated alkanes) is 4. The number of halogens is 2. The van der Waals surface area contributed by atoms with Gasteiger partial charge in [-0.15, -0.1) is 0 Å². The Morgan fingerprint density at radius 1 is 0.872 bits per heavy atom. The molecule has 2 N–H and O–H groups in total. The lowest BCUT2D eigenvalue weighted by Gasteiger charge is -2.23. The van der Waals surface area contributed by atoms with E-state index in [-0.39, 0.29) is 24.6 Å². The molecule has 47 heavy (non-hydrogen) atoms. The molecule has 0 unspecified atom stereocenters. The van der Waals surface area contributed by atoms with Crippen LogP contribution in [0.2, 0.25) is 0 Å². The second-order valence-electron chi connectivity index (χ2n) is 10.7. The van der Waals surface area contributed by atoms with Crippen LogP contribution in [0, 0.1) is 11.6 Å². The average Bonchev–Trinajstić information content (AvgIpc) is 3.52. The van der Waals surface area contributed by atoms with E-state index in [0.29, 0.717) is 23.5 Å². The van der Waals surface area contributed by atoms with Gasteiger partial charge in [-0.2, -0.15) is 0 Å². The van der Waals surface area contributed by atoms with Crippen LogP contribution in [0.15, 0.2) is 71.9 Å². The van der Waals surface area contributed by atoms with Gasteiger partial charge < -0.3 is 29.4 Å². The molecule has 4 rings (SSSR count). The number of rotatable bonds is 17. The molecule has 0 atom stereocenters. The first kappa shape index (κ1) is 35.3. The monoisotopic (exact) mass is 666 g/mol. The minimum absolute atomic E-state index is 0.0123. The van der Waals surface area contributed by atoms with Crippen molar-refractivity contribution in [3.05, 3.63) is 78.4 Å². The predicted molar refractivity (Wildman–Crippen MR) is 180 cm³/mol. The van der Waals surface area contributed by atoms with E-state index >= 15 is 0 Å². The quantitative estimate of drug-likeness (QED) is 0.0665. The van der Waals surface area contributed by atoms with Crippen molar-refractivity contribution in [1.29, 1.82) is 0 Å². The molecule has 0 saturated carbocycles. The third-order valence-electron chi connectivity index (χ3n) is 7.37. The molecule has 2 amide bonds. The molecule has 3 aromatic carbocycles. The number of nitrogens with zero attached hydrogens (tertiary/aromatic N) is 2. The number of ether oxygens (including phenoxy) is 3. The van der Waals surface area contributed by atoms with Crippen molar-refractivity contribution in [3.63, 3.8) is 0 Å². The Morgan fingerprint density at radius 2 is 1.53 bits per heavy atom. The van der Waals surface area contributed by atoms with E-state index in [9.17, 15) is 18.4 Å². The molecule has 4 aromatic rings. The molecule has 1 aromatic heterocycles. The molecule has 0 aliphatic heterocycles. The van der Waals surface area contributed by atoms with Gasteiger partial charge in [0.05, 0.1) is 43.6 Å². The largest absolute Gasteiger partial charge is 0.497 e. The first-order chi connectivity index (χ1) is 22.8. The maximum Gasteiger partial charge on any atom is 0.322 e. The highest BCUT2D eigenvalue weighted by Crippen LogP contribution is 2.34. The minimum Gasteiger partial charge on any atom is -0.497 e. The van der Waals surface area contributed by atoms with Gasteiger partial charge in [0.1, 0.15) is 29.7 Å². The predicted octanol–water partition coefficient (Wildman–Crippen LogP) is 8.18. The first-order valence-electron chi connectivity index (χ1n) is 15.5. The Morgan fingerprint density at radius 3 is 2.17 bits per heavy atom. The van der Waals surface area contributed by atoms with E-state index in [1.165, 1.54) is 22.7 Å². The number of carbonyl (C=O) groups excluding carboxylic acids is 2. The van der Waals surface area contributed by atoms with Gasteiger partial charge in [0, 0.05) is 23.7 Å². The summed E-state index contributed by atoms with van der Waals surface area (Å²) in [7, 11) is 3.22. The Kier molecular flexibility index (Phi) is 13.5. The summed E-state index contributed by atoms with van der Waals surface area (Å²) in [5, 5.41) is 3.03. The highest BCUT2D eigenvalue weighted by molar-refractivity contribution is 7.99. The van der Waals surface area contributed by atoms with Crippen LogP contribution in [-0.2, 0) is 9.53 Å². The van der Waals surface area contributed by atoms with Gasteiger partial charge >= 0.3 is 12.0 Å². The summed E-state index contributed by atoms with van der Waals surface area (Å²) in [6, 6.07) is 17.5. The van der Waals surface area contributed by atoms with E-state index in [1.807, 2.05) is 48.5 Å². The van der Waals surface area contributed by atoms with E-state index in [1.54, 1.807) is 14.2 Å². The van der Waals surface area contributed by atoms with Gasteiger partial charge in [-0.3, -0.25) is 4.79 Å². The molecule has 0 saturated heterocycles. The average molecular weight is 667 g/mol. The summed E-state index contributed by atoms with van der Waals surface area (Å²) in [4.78, 5) is 35.3. The van der Waals surface area contributed by atoms with Gasteiger partial charge in [-0.05, 0) is 67.1 Å². The molecular weight excluding hydrogens is 626 g/mol. The van der Waals surface area contributed by atoms with E-state index in [4.69, 9.17) is 19.2 Å². The molecule has 0 bridgehead atoms. The molecule has 0 aliphatic rings. The number of thioether (sulfide) groups is 1. The summed E-state index contributed by atoms with van der Waals surface area (Å²) < 4.78 is 43.5. The molecule has 0 spiro atoms. The number of amides is 2. The molecule has 0 radical (unpaired) electrons. The van der Waals surface area contributed by atoms with Crippen molar-refractivity contribution in [1.82, 2.24) is 14.9 Å². The molecule has 1 heterocycles. The van der Waals surface area contributed by atoms with Crippen molar-refractivity contribution in [2.75, 3.05) is 45.0 Å². The molecule has 12 heteroatoms. The van der Waals surface area contributed by atoms with Crippen molar-refractivity contribution in [2.45, 2.75) is 44.2 Å². The van der Waals surface area contributed by atoms with Crippen LogP contribution in [0.4, 0.5) is 19.3 Å². The fourth-order valence-electron chi connectivity index (χ4n) is 4.79. The topological polar surface area (TPSA) is 106 Å². The first-order valence-corrected chi connectivity index (χ1v) is 16.5. The lowest BCUT2D eigenvalue weighted by atomic mass is 10.0. The number of anilines is 1. The van der Waals surface area contributed by atoms with E-state index in [0.717, 1.165) is 66.5 Å². The lowest BCUT2D eigenvalue weighted by Crippen LogP contribution is -2.38. The number of aromatic amines is 1. The number of aromatic nitrogens is 2. The number of H-pyrrole nitrogens is 1. The molecule has 0 aliphatic carbocycles. The number of carbonyl (C=O) groups is 2. The van der Waals surface area contributed by atoms with Gasteiger partial charge in [0.15, 0.2) is 5.16 Å². The van der Waals surface area contributed by atoms with Crippen LogP contribution < -0.4 is 14.8 Å². The lowest BCUT2D eigenvalue weighted by molar-refractivity contribution is -0.140. The van der Waals surface area contributed by atoms with E-state index < -0.39 is 23.6 Å². The van der Waals surface area contributed by atoms with Crippen molar-refractivity contribution in [3.8, 4) is 34.0 Å². The zero-order chi connectivity index (χ0) is 33.6. The normalized spacial score (nSPS) is 10.8. The molecular formula is C35H40F2N4O5S. The Labute approximate surface area is 278 Å². The van der Waals surface area contributed by atoms with Gasteiger partial charge in [0.2, 0.25) is 0 Å². The zero-order valence-electron chi connectivity index (χ0n) is 26.8. The second kappa shape index (κ2) is 17.9. The molecule has 9 nitrogen and oxygen atoms in total. The van der Waals surface area contributed by atoms with Crippen LogP contribution in [0.1, 0.15) is 39.0 Å². The number of esters is 1. The Bertz CT molecular complexity index is 1530. The fraction of sp³-hybridized carbons (Fsp3) is 0.343. The third-order valence-corrected chi connectivity index (χ3v) is 8.21. The summed E-state index contributed by atoms with van der Waals surface area (Å²) in [5.41, 5.74) is 3.14. The summed E-state index contributed by atoms with van der Waals surface area (Å²) in [5.74, 6) is -0.637. The number of methoxy groups -OCH3 is 2. The number of benzene rings is 3. The summed E-state index contributed by atoms with van der Waals surface area (Å²) in [6.07, 6.45) is 4.90. The number of imidazole rings is 1. The number of hydrogen-bond acceptors (Lipinski definition) is 7. The highest BCUT2D eigenvalue weighted by Gasteiger charge is 2.19. The van der Waals surface area contributed by atoms with Crippen molar-refractivity contribution < 1.29 is 32.6 Å². The smallest absolute Gasteiger partial charge is 0.322 e. The molecule has 250 valence electrons. The van der Waals surface area contributed by atoms with Crippen LogP contribution in [-0.4, -0.2) is 66.5 Å².